The van der Waals surface area contributed by atoms with Crippen molar-refractivity contribution in [3.05, 3.63) is 30.0 Å². The lowest BCUT2D eigenvalue weighted by Gasteiger charge is -2.10. The third-order valence-electron chi connectivity index (χ3n) is 3.12. The van der Waals surface area contributed by atoms with Crippen molar-refractivity contribution in [2.24, 2.45) is 10.9 Å². The summed E-state index contributed by atoms with van der Waals surface area (Å²) in [6.07, 6.45) is 0.968. The van der Waals surface area contributed by atoms with Crippen LogP contribution >= 0.6 is 11.5 Å². The maximum absolute atomic E-state index is 4.57. The third-order valence-corrected chi connectivity index (χ3v) is 3.98. The second-order valence-corrected chi connectivity index (χ2v) is 5.23. The first-order valence-corrected chi connectivity index (χ1v) is 6.73. The van der Waals surface area contributed by atoms with Gasteiger partial charge in [0.2, 0.25) is 0 Å². The summed E-state index contributed by atoms with van der Waals surface area (Å²) in [5.74, 6) is 1.57. The van der Waals surface area contributed by atoms with Gasteiger partial charge in [0.15, 0.2) is 0 Å². The van der Waals surface area contributed by atoms with Gasteiger partial charge in [0.25, 0.3) is 0 Å². The summed E-state index contributed by atoms with van der Waals surface area (Å²) < 4.78 is 5.84. The smallest absolute Gasteiger partial charge is 0.0996 e. The lowest BCUT2D eigenvalue weighted by molar-refractivity contribution is 0.736. The van der Waals surface area contributed by atoms with E-state index in [1.807, 2.05) is 0 Å². The van der Waals surface area contributed by atoms with Crippen LogP contribution in [-0.2, 0) is 6.42 Å². The first-order chi connectivity index (χ1) is 8.34. The molecule has 0 saturated carbocycles. The Balaban J connectivity index is 1.85. The normalized spacial score (nSPS) is 16.9. The van der Waals surface area contributed by atoms with E-state index in [4.69, 9.17) is 0 Å². The molecule has 0 spiro atoms. The highest BCUT2D eigenvalue weighted by molar-refractivity contribution is 7.13. The molecular weight excluding hydrogens is 230 g/mol. The van der Waals surface area contributed by atoms with Crippen molar-refractivity contribution in [3.63, 3.8) is 0 Å². The fourth-order valence-electron chi connectivity index (χ4n) is 2.22. The van der Waals surface area contributed by atoms with Gasteiger partial charge >= 0.3 is 0 Å². The summed E-state index contributed by atoms with van der Waals surface area (Å²) in [7, 11) is 0. The van der Waals surface area contributed by atoms with Crippen LogP contribution in [0.2, 0.25) is 0 Å². The number of aromatic nitrogens is 1. The molecule has 1 aromatic heterocycles. The molecule has 0 fully saturated rings. The molecule has 2 aromatic rings. The van der Waals surface area contributed by atoms with Crippen LogP contribution < -0.4 is 5.32 Å². The van der Waals surface area contributed by atoms with Gasteiger partial charge in [0.05, 0.1) is 22.8 Å². The zero-order valence-corrected chi connectivity index (χ0v) is 10.6. The summed E-state index contributed by atoms with van der Waals surface area (Å²) in [6.45, 7) is 4.11. The van der Waals surface area contributed by atoms with Crippen LogP contribution in [0.25, 0.3) is 10.1 Å². The molecule has 0 bridgehead atoms. The SMILES string of the molecule is C[C@@H](Cc1nsc2ccccc12)C1=NCCN1. The number of rotatable bonds is 3. The van der Waals surface area contributed by atoms with E-state index in [1.54, 1.807) is 11.5 Å². The number of aliphatic imine (C=N–C) groups is 1. The Kier molecular flexibility index (Phi) is 2.81. The number of amidine groups is 1. The number of benzene rings is 1. The second kappa shape index (κ2) is 4.45. The van der Waals surface area contributed by atoms with E-state index in [-0.39, 0.29) is 0 Å². The third kappa shape index (κ3) is 2.05. The fraction of sp³-hybridized carbons (Fsp3) is 0.385. The Bertz CT molecular complexity index is 559. The van der Waals surface area contributed by atoms with Crippen LogP contribution in [0.4, 0.5) is 0 Å². The maximum Gasteiger partial charge on any atom is 0.0996 e. The van der Waals surface area contributed by atoms with Gasteiger partial charge < -0.3 is 5.32 Å². The molecule has 2 heterocycles. The zero-order chi connectivity index (χ0) is 11.7. The summed E-state index contributed by atoms with van der Waals surface area (Å²) in [6, 6.07) is 8.43. The minimum Gasteiger partial charge on any atom is -0.372 e. The van der Waals surface area contributed by atoms with Crippen LogP contribution in [0.15, 0.2) is 29.3 Å². The molecule has 3 rings (SSSR count). The van der Waals surface area contributed by atoms with E-state index in [1.165, 1.54) is 15.8 Å². The molecule has 0 amide bonds. The van der Waals surface area contributed by atoms with Crippen molar-refractivity contribution in [1.82, 2.24) is 9.69 Å². The number of nitrogens with one attached hydrogen (secondary N) is 1. The molecule has 3 nitrogen and oxygen atoms in total. The van der Waals surface area contributed by atoms with Gasteiger partial charge in [-0.2, -0.15) is 4.37 Å². The van der Waals surface area contributed by atoms with Gasteiger partial charge in [-0.05, 0) is 17.6 Å². The summed E-state index contributed by atoms with van der Waals surface area (Å²) in [4.78, 5) is 4.48. The maximum atomic E-state index is 4.57. The van der Waals surface area contributed by atoms with Gasteiger partial charge in [-0.1, -0.05) is 25.1 Å². The molecule has 0 aliphatic carbocycles. The van der Waals surface area contributed by atoms with Gasteiger partial charge in [-0.3, -0.25) is 4.99 Å². The van der Waals surface area contributed by atoms with E-state index in [9.17, 15) is 0 Å². The van der Waals surface area contributed by atoms with Crippen LogP contribution in [0, 0.1) is 5.92 Å². The molecule has 0 unspecified atom stereocenters. The highest BCUT2D eigenvalue weighted by Gasteiger charge is 2.16. The van der Waals surface area contributed by atoms with Gasteiger partial charge in [0, 0.05) is 24.3 Å². The molecule has 1 aliphatic rings. The van der Waals surface area contributed by atoms with Crippen LogP contribution in [0.1, 0.15) is 12.6 Å². The van der Waals surface area contributed by atoms with Gasteiger partial charge in [-0.25, -0.2) is 0 Å². The van der Waals surface area contributed by atoms with E-state index in [0.717, 1.165) is 25.3 Å². The predicted molar refractivity (Wildman–Crippen MR) is 72.8 cm³/mol. The Morgan fingerprint density at radius 2 is 2.29 bits per heavy atom. The largest absolute Gasteiger partial charge is 0.372 e. The van der Waals surface area contributed by atoms with Crippen molar-refractivity contribution in [3.8, 4) is 0 Å². The van der Waals surface area contributed by atoms with E-state index in [2.05, 4.69) is 45.9 Å². The highest BCUT2D eigenvalue weighted by Crippen LogP contribution is 2.24. The minimum absolute atomic E-state index is 0.433. The zero-order valence-electron chi connectivity index (χ0n) is 9.81. The minimum atomic E-state index is 0.433. The summed E-state index contributed by atoms with van der Waals surface area (Å²) in [5.41, 5.74) is 1.20. The Morgan fingerprint density at radius 1 is 1.41 bits per heavy atom. The molecule has 17 heavy (non-hydrogen) atoms. The van der Waals surface area contributed by atoms with Gasteiger partial charge in [0.1, 0.15) is 0 Å². The van der Waals surface area contributed by atoms with Crippen LogP contribution in [0.5, 0.6) is 0 Å². The molecule has 88 valence electrons. The average Bonchev–Trinajstić information content (AvgIpc) is 2.98. The van der Waals surface area contributed by atoms with Crippen molar-refractivity contribution in [2.75, 3.05) is 13.1 Å². The first kappa shape index (κ1) is 10.7. The van der Waals surface area contributed by atoms with Gasteiger partial charge in [-0.15, -0.1) is 0 Å². The number of hydrogen-bond donors (Lipinski definition) is 1. The van der Waals surface area contributed by atoms with E-state index < -0.39 is 0 Å². The number of fused-ring (bicyclic) bond motifs is 1. The van der Waals surface area contributed by atoms with Crippen molar-refractivity contribution >= 4 is 27.5 Å². The molecule has 1 N–H and O–H groups in total. The lowest BCUT2D eigenvalue weighted by atomic mass is 10.0. The average molecular weight is 245 g/mol. The van der Waals surface area contributed by atoms with E-state index >= 15 is 0 Å². The molecule has 1 atom stereocenters. The molecule has 0 saturated heterocycles. The van der Waals surface area contributed by atoms with Crippen LogP contribution in [-0.4, -0.2) is 23.3 Å². The molecule has 4 heteroatoms. The molecule has 0 radical (unpaired) electrons. The van der Waals surface area contributed by atoms with E-state index in [0.29, 0.717) is 5.92 Å². The van der Waals surface area contributed by atoms with Crippen LogP contribution in [0.3, 0.4) is 0 Å². The number of nitrogens with zero attached hydrogens (tertiary/aromatic N) is 2. The standard InChI is InChI=1S/C13H15N3S/c1-9(13-14-6-7-15-13)8-11-10-4-2-3-5-12(10)17-16-11/h2-5,9H,6-8H2,1H3,(H,14,15)/t9-/m0/s1. The second-order valence-electron chi connectivity index (χ2n) is 4.42. The topological polar surface area (TPSA) is 37.3 Å². The Labute approximate surface area is 105 Å². The predicted octanol–water partition coefficient (Wildman–Crippen LogP) is 2.48. The monoisotopic (exact) mass is 245 g/mol. The van der Waals surface area contributed by atoms with Crippen molar-refractivity contribution < 1.29 is 0 Å². The number of hydrogen-bond acceptors (Lipinski definition) is 4. The summed E-state index contributed by atoms with van der Waals surface area (Å²) >= 11 is 1.59. The first-order valence-electron chi connectivity index (χ1n) is 5.96. The molecule has 1 aliphatic heterocycles. The lowest BCUT2D eigenvalue weighted by Crippen LogP contribution is -2.26. The quantitative estimate of drug-likeness (QED) is 0.902. The van der Waals surface area contributed by atoms with Crippen molar-refractivity contribution in [1.29, 1.82) is 0 Å². The Hall–Kier alpha value is -1.42. The Morgan fingerprint density at radius 3 is 3.12 bits per heavy atom. The summed E-state index contributed by atoms with van der Waals surface area (Å²) in [5, 5.41) is 4.64. The highest BCUT2D eigenvalue weighted by atomic mass is 32.1. The molecular formula is C13H15N3S. The van der Waals surface area contributed by atoms with Crippen molar-refractivity contribution in [2.45, 2.75) is 13.3 Å². The fourth-order valence-corrected chi connectivity index (χ4v) is 3.02. The molecule has 1 aromatic carbocycles.